The van der Waals surface area contributed by atoms with Crippen molar-refractivity contribution in [2.24, 2.45) is 5.73 Å². The summed E-state index contributed by atoms with van der Waals surface area (Å²) in [7, 11) is 0. The first-order chi connectivity index (χ1) is 14.1. The van der Waals surface area contributed by atoms with Crippen molar-refractivity contribution in [3.05, 3.63) is 39.9 Å². The van der Waals surface area contributed by atoms with Gasteiger partial charge in [-0.25, -0.2) is 9.18 Å². The molecule has 2 fully saturated rings. The molecule has 30 heavy (non-hydrogen) atoms. The molecule has 0 spiro atoms. The Morgan fingerprint density at radius 3 is 2.70 bits per heavy atom. The van der Waals surface area contributed by atoms with E-state index in [2.05, 4.69) is 4.74 Å². The Kier molecular flexibility index (Phi) is 5.02. The monoisotopic (exact) mass is 435 g/mol. The Balaban J connectivity index is 2.08. The van der Waals surface area contributed by atoms with Gasteiger partial charge in [0, 0.05) is 35.3 Å². The average Bonchev–Trinajstić information content (AvgIpc) is 3.45. The lowest BCUT2D eigenvalue weighted by Gasteiger charge is -2.26. The third-order valence-electron chi connectivity index (χ3n) is 5.66. The Morgan fingerprint density at radius 1 is 1.47 bits per heavy atom. The topological polar surface area (TPSA) is 97.8 Å². The maximum absolute atomic E-state index is 15.4. The van der Waals surface area contributed by atoms with E-state index in [9.17, 15) is 9.59 Å². The lowest BCUT2D eigenvalue weighted by atomic mass is 10.0. The molecule has 1 aromatic heterocycles. The largest absolute Gasteiger partial charge is 0.511 e. The molecule has 9 heteroatoms. The van der Waals surface area contributed by atoms with Crippen molar-refractivity contribution >= 4 is 39.4 Å². The van der Waals surface area contributed by atoms with E-state index in [-0.39, 0.29) is 17.2 Å². The van der Waals surface area contributed by atoms with Gasteiger partial charge in [-0.15, -0.1) is 0 Å². The van der Waals surface area contributed by atoms with Crippen molar-refractivity contribution in [3.63, 3.8) is 0 Å². The summed E-state index contributed by atoms with van der Waals surface area (Å²) < 4.78 is 21.9. The summed E-state index contributed by atoms with van der Waals surface area (Å²) in [5, 5.41) is 9.33. The number of pyridine rings is 1. The Labute approximate surface area is 177 Å². The SMILES string of the molecule is C/C=C(/Cl)c1c(N2CCC(C)(N)C2)c(F)cc2c(=O)c(OC(=O)O)cn(C3CC3)c12. The van der Waals surface area contributed by atoms with Gasteiger partial charge in [0.1, 0.15) is 5.82 Å². The summed E-state index contributed by atoms with van der Waals surface area (Å²) in [6, 6.07) is 1.21. The van der Waals surface area contributed by atoms with Gasteiger partial charge < -0.3 is 25.0 Å². The number of anilines is 1. The maximum Gasteiger partial charge on any atom is 0.511 e. The number of benzene rings is 1. The Hall–Kier alpha value is -2.58. The predicted molar refractivity (Wildman–Crippen MR) is 114 cm³/mol. The van der Waals surface area contributed by atoms with E-state index in [4.69, 9.17) is 22.4 Å². The first-order valence-corrected chi connectivity index (χ1v) is 10.2. The molecule has 2 heterocycles. The number of nitrogens with zero attached hydrogens (tertiary/aromatic N) is 2. The number of carbonyl (C=O) groups is 1. The molecule has 2 aliphatic rings. The summed E-state index contributed by atoms with van der Waals surface area (Å²) >= 11 is 6.57. The molecular formula is C21H23ClFN3O4. The smallest absolute Gasteiger partial charge is 0.449 e. The normalized spacial score (nSPS) is 22.0. The second-order valence-electron chi connectivity index (χ2n) is 8.27. The van der Waals surface area contributed by atoms with Gasteiger partial charge in [-0.1, -0.05) is 17.7 Å². The standard InChI is InChI=1S/C21H23ClFN3O4/c1-3-13(22)16-17-12(8-14(23)18(16)25-7-6-21(2,24)10-25)19(27)15(30-20(28)29)9-26(17)11-4-5-11/h3,8-9,11H,4-7,10,24H2,1-2H3,(H,28,29)/b13-3+. The molecule has 0 bridgehead atoms. The minimum Gasteiger partial charge on any atom is -0.449 e. The number of halogens is 2. The van der Waals surface area contributed by atoms with Gasteiger partial charge in [-0.05, 0) is 39.2 Å². The number of allylic oxidation sites excluding steroid dienone is 1. The van der Waals surface area contributed by atoms with Crippen LogP contribution < -0.4 is 20.8 Å². The molecular weight excluding hydrogens is 413 g/mol. The summed E-state index contributed by atoms with van der Waals surface area (Å²) in [6.07, 6.45) is 3.84. The highest BCUT2D eigenvalue weighted by Gasteiger charge is 2.35. The molecule has 1 saturated carbocycles. The molecule has 0 amide bonds. The molecule has 3 N–H and O–H groups in total. The van der Waals surface area contributed by atoms with Crippen LogP contribution in [0.25, 0.3) is 15.9 Å². The lowest BCUT2D eigenvalue weighted by molar-refractivity contribution is 0.143. The van der Waals surface area contributed by atoms with Crippen molar-refractivity contribution in [2.45, 2.75) is 44.7 Å². The average molecular weight is 436 g/mol. The van der Waals surface area contributed by atoms with Crippen molar-refractivity contribution in [1.82, 2.24) is 4.57 Å². The molecule has 0 radical (unpaired) electrons. The number of fused-ring (bicyclic) bond motifs is 1. The maximum atomic E-state index is 15.4. The molecule has 2 aromatic rings. The minimum atomic E-state index is -1.60. The van der Waals surface area contributed by atoms with Crippen molar-refractivity contribution in [1.29, 1.82) is 0 Å². The zero-order valence-electron chi connectivity index (χ0n) is 16.7. The van der Waals surface area contributed by atoms with Crippen LogP contribution in [0.3, 0.4) is 0 Å². The molecule has 1 aliphatic carbocycles. The summed E-state index contributed by atoms with van der Waals surface area (Å²) in [6.45, 7) is 4.66. The fourth-order valence-corrected chi connectivity index (χ4v) is 4.29. The zero-order chi connectivity index (χ0) is 21.8. The first-order valence-electron chi connectivity index (χ1n) is 9.81. The van der Waals surface area contributed by atoms with Gasteiger partial charge >= 0.3 is 6.16 Å². The van der Waals surface area contributed by atoms with Crippen LogP contribution in [-0.4, -0.2) is 34.5 Å². The molecule has 7 nitrogen and oxygen atoms in total. The van der Waals surface area contributed by atoms with E-state index in [1.807, 2.05) is 11.8 Å². The van der Waals surface area contributed by atoms with Gasteiger partial charge in [-0.2, -0.15) is 0 Å². The quantitative estimate of drug-likeness (QED) is 0.703. The molecule has 160 valence electrons. The van der Waals surface area contributed by atoms with Crippen LogP contribution in [-0.2, 0) is 0 Å². The Morgan fingerprint density at radius 2 is 2.17 bits per heavy atom. The number of nitrogens with two attached hydrogens (primary N) is 1. The highest BCUT2D eigenvalue weighted by molar-refractivity contribution is 6.50. The lowest BCUT2D eigenvalue weighted by Crippen LogP contribution is -2.39. The fraction of sp³-hybridized carbons (Fsp3) is 0.429. The summed E-state index contributed by atoms with van der Waals surface area (Å²) in [4.78, 5) is 25.8. The highest BCUT2D eigenvalue weighted by Crippen LogP contribution is 2.44. The van der Waals surface area contributed by atoms with E-state index in [0.717, 1.165) is 18.9 Å². The molecule has 1 saturated heterocycles. The van der Waals surface area contributed by atoms with Crippen molar-refractivity contribution in [2.75, 3.05) is 18.0 Å². The van der Waals surface area contributed by atoms with Gasteiger partial charge in [0.25, 0.3) is 0 Å². The predicted octanol–water partition coefficient (Wildman–Crippen LogP) is 4.06. The van der Waals surface area contributed by atoms with E-state index < -0.39 is 22.9 Å². The number of ether oxygens (including phenoxy) is 1. The molecule has 1 unspecified atom stereocenters. The zero-order valence-corrected chi connectivity index (χ0v) is 17.5. The summed E-state index contributed by atoms with van der Waals surface area (Å²) in [5.74, 6) is -0.963. The number of aromatic nitrogens is 1. The Bertz CT molecular complexity index is 1140. The van der Waals surface area contributed by atoms with Crippen LogP contribution in [0, 0.1) is 5.82 Å². The van der Waals surface area contributed by atoms with Crippen LogP contribution in [0.15, 0.2) is 23.1 Å². The van der Waals surface area contributed by atoms with Crippen LogP contribution in [0.5, 0.6) is 5.75 Å². The fourth-order valence-electron chi connectivity index (χ4n) is 4.12. The van der Waals surface area contributed by atoms with Gasteiger partial charge in [-0.3, -0.25) is 4.79 Å². The molecule has 1 atom stereocenters. The van der Waals surface area contributed by atoms with E-state index in [0.29, 0.717) is 41.3 Å². The van der Waals surface area contributed by atoms with E-state index in [1.165, 1.54) is 6.20 Å². The van der Waals surface area contributed by atoms with Crippen molar-refractivity contribution in [3.8, 4) is 5.75 Å². The van der Waals surface area contributed by atoms with Crippen LogP contribution in [0.4, 0.5) is 14.9 Å². The van der Waals surface area contributed by atoms with Crippen LogP contribution >= 0.6 is 11.6 Å². The second-order valence-corrected chi connectivity index (χ2v) is 8.68. The minimum absolute atomic E-state index is 0.0339. The van der Waals surface area contributed by atoms with Crippen molar-refractivity contribution < 1.29 is 19.0 Å². The molecule has 1 aromatic carbocycles. The third-order valence-corrected chi connectivity index (χ3v) is 6.07. The van der Waals surface area contributed by atoms with Crippen LogP contribution in [0.1, 0.15) is 44.7 Å². The van der Waals surface area contributed by atoms with Gasteiger partial charge in [0.05, 0.1) is 22.8 Å². The third kappa shape index (κ3) is 3.54. The number of rotatable bonds is 4. The van der Waals surface area contributed by atoms with E-state index >= 15 is 4.39 Å². The van der Waals surface area contributed by atoms with Gasteiger partial charge in [0.15, 0.2) is 5.75 Å². The highest BCUT2D eigenvalue weighted by atomic mass is 35.5. The second kappa shape index (κ2) is 7.28. The molecule has 4 rings (SSSR count). The summed E-state index contributed by atoms with van der Waals surface area (Å²) in [5.41, 5.74) is 6.31. The number of hydrogen-bond acceptors (Lipinski definition) is 5. The van der Waals surface area contributed by atoms with Crippen LogP contribution in [0.2, 0.25) is 0 Å². The number of carboxylic acid groups (broad SMARTS) is 1. The first kappa shape index (κ1) is 20.7. The van der Waals surface area contributed by atoms with Gasteiger partial charge in [0.2, 0.25) is 5.43 Å². The van der Waals surface area contributed by atoms with E-state index in [1.54, 1.807) is 17.6 Å². The number of hydrogen-bond donors (Lipinski definition) is 2. The molecule has 1 aliphatic heterocycles.